The number of carbonyl (C=O) groups excluding carboxylic acids is 3. The Labute approximate surface area is 283 Å². The Bertz CT molecular complexity index is 1650. The minimum absolute atomic E-state index is 0.0102. The maximum atomic E-state index is 14.1. The molecule has 10 heteroatoms. The van der Waals surface area contributed by atoms with E-state index in [4.69, 9.17) is 15.0 Å². The van der Waals surface area contributed by atoms with Crippen molar-refractivity contribution in [1.82, 2.24) is 10.6 Å². The van der Waals surface area contributed by atoms with Gasteiger partial charge in [-0.3, -0.25) is 14.4 Å². The molecule has 1 saturated heterocycles. The second-order valence-corrected chi connectivity index (χ2v) is 15.0. The Morgan fingerprint density at radius 2 is 1.54 bits per heavy atom. The number of hydrogen-bond donors (Lipinski definition) is 4. The number of nitrogens with one attached hydrogen (secondary N) is 3. The van der Waals surface area contributed by atoms with E-state index in [0.29, 0.717) is 47.2 Å². The summed E-state index contributed by atoms with van der Waals surface area (Å²) in [6, 6.07) is 22.1. The van der Waals surface area contributed by atoms with Crippen molar-refractivity contribution in [2.75, 3.05) is 11.1 Å². The van der Waals surface area contributed by atoms with Gasteiger partial charge in [-0.2, -0.15) is 0 Å². The first-order valence-electron chi connectivity index (χ1n) is 17.1. The molecule has 0 aromatic heterocycles. The molecule has 0 unspecified atom stereocenters. The third kappa shape index (κ3) is 6.87. The summed E-state index contributed by atoms with van der Waals surface area (Å²) >= 11 is 0. The molecule has 3 aliphatic carbocycles. The summed E-state index contributed by atoms with van der Waals surface area (Å²) in [5, 5.41) is 8.98. The van der Waals surface area contributed by atoms with E-state index in [1.807, 2.05) is 30.3 Å². The van der Waals surface area contributed by atoms with Crippen LogP contribution in [0.1, 0.15) is 80.2 Å². The van der Waals surface area contributed by atoms with Gasteiger partial charge in [0, 0.05) is 17.5 Å². The summed E-state index contributed by atoms with van der Waals surface area (Å²) in [6.45, 7) is 11.0. The molecule has 48 heavy (non-hydrogen) atoms. The quantitative estimate of drug-likeness (QED) is 0.157. The Morgan fingerprint density at radius 3 is 2.19 bits per heavy atom. The van der Waals surface area contributed by atoms with E-state index in [2.05, 4.69) is 50.6 Å². The Kier molecular flexibility index (Phi) is 9.42. The molecule has 7 rings (SSSR count). The average Bonchev–Trinajstić information content (AvgIpc) is 3.43. The van der Waals surface area contributed by atoms with Gasteiger partial charge >= 0.3 is 7.12 Å². The van der Waals surface area contributed by atoms with Crippen molar-refractivity contribution in [3.05, 3.63) is 95.6 Å². The fraction of sp³-hybridized carbons (Fsp3) is 0.447. The van der Waals surface area contributed by atoms with E-state index < -0.39 is 19.1 Å². The summed E-state index contributed by atoms with van der Waals surface area (Å²) in [4.78, 5) is 40.4. The summed E-state index contributed by atoms with van der Waals surface area (Å²) in [5.41, 5.74) is 8.40. The number of anilines is 2. The smallest absolute Gasteiger partial charge is 0.404 e. The molecule has 2 bridgehead atoms. The molecule has 0 spiro atoms. The van der Waals surface area contributed by atoms with Gasteiger partial charge in [0.05, 0.1) is 29.0 Å². The lowest BCUT2D eigenvalue weighted by atomic mass is 9.45. The van der Waals surface area contributed by atoms with E-state index in [-0.39, 0.29) is 40.8 Å². The summed E-state index contributed by atoms with van der Waals surface area (Å²) in [5.74, 6) is -0.123. The molecule has 3 aromatic carbocycles. The van der Waals surface area contributed by atoms with Crippen LogP contribution in [-0.2, 0) is 20.5 Å². The van der Waals surface area contributed by atoms with Gasteiger partial charge in [0.2, 0.25) is 5.91 Å². The van der Waals surface area contributed by atoms with Crippen molar-refractivity contribution >= 4 is 36.2 Å². The van der Waals surface area contributed by atoms with Crippen LogP contribution in [0.3, 0.4) is 0 Å². The number of hydrogen-bond acceptors (Lipinski definition) is 6. The van der Waals surface area contributed by atoms with E-state index >= 15 is 0 Å². The van der Waals surface area contributed by atoms with Crippen molar-refractivity contribution in [3.8, 4) is 0 Å². The van der Waals surface area contributed by atoms with Crippen LogP contribution in [0.5, 0.6) is 0 Å². The largest absolute Gasteiger partial charge is 0.481 e. The normalized spacial score (nSPS) is 25.0. The third-order valence-corrected chi connectivity index (χ3v) is 10.7. The molecule has 4 fully saturated rings. The molecular weight excluding hydrogens is 603 g/mol. The molecule has 1 aliphatic heterocycles. The second kappa shape index (κ2) is 13.4. The Balaban J connectivity index is 1.16. The third-order valence-electron chi connectivity index (χ3n) is 10.7. The summed E-state index contributed by atoms with van der Waals surface area (Å²) in [6.07, 6.45) is 3.07. The SMILES string of the molecule is CC(C)C[C@H](NC(=O)[C@H](Cc1ccccc1)NC(=O)c1ccc(C(=O)Nc2ccccc2N)cc1)B1O[C@@H]2[C@@H]3C[C@H](C[C@]2(C)O1)C3(C)C. The number of benzene rings is 3. The average molecular weight is 651 g/mol. The minimum Gasteiger partial charge on any atom is -0.404 e. The van der Waals surface area contributed by atoms with Crippen LogP contribution in [0.15, 0.2) is 78.9 Å². The van der Waals surface area contributed by atoms with Crippen LogP contribution in [0.4, 0.5) is 11.4 Å². The van der Waals surface area contributed by atoms with E-state index in [9.17, 15) is 14.4 Å². The van der Waals surface area contributed by atoms with Crippen LogP contribution in [-0.4, -0.2) is 48.5 Å². The van der Waals surface area contributed by atoms with E-state index in [1.54, 1.807) is 48.5 Å². The number of rotatable bonds is 11. The van der Waals surface area contributed by atoms with Gasteiger partial charge in [0.25, 0.3) is 11.8 Å². The Morgan fingerprint density at radius 1 is 0.896 bits per heavy atom. The Hall–Kier alpha value is -4.15. The first-order chi connectivity index (χ1) is 22.8. The molecule has 1 heterocycles. The summed E-state index contributed by atoms with van der Waals surface area (Å²) < 4.78 is 13.3. The lowest BCUT2D eigenvalue weighted by Gasteiger charge is -2.63. The van der Waals surface area contributed by atoms with Crippen molar-refractivity contribution in [2.24, 2.45) is 23.2 Å². The molecule has 5 N–H and O–H groups in total. The van der Waals surface area contributed by atoms with Crippen molar-refractivity contribution in [1.29, 1.82) is 0 Å². The molecular formula is C38H47BN4O5. The van der Waals surface area contributed by atoms with Crippen LogP contribution in [0, 0.1) is 23.2 Å². The van der Waals surface area contributed by atoms with Crippen molar-refractivity contribution in [2.45, 2.75) is 84.0 Å². The zero-order valence-corrected chi connectivity index (χ0v) is 28.5. The standard InChI is InChI=1S/C38H47BN4O5/c1-23(2)19-32(39-47-33-28-21-27(37(28,3)4)22-38(33,5)48-39)43-36(46)31(20-24-11-7-6-8-12-24)42-35(45)26-17-15-25(16-18-26)34(44)41-30-14-10-9-13-29(30)40/h6-18,23,27-28,31-33H,19-22,40H2,1-5H3,(H,41,44)(H,42,45)(H,43,46)/t27-,28+,31+,32+,33-,38+/m1/s1. The van der Waals surface area contributed by atoms with E-state index in [0.717, 1.165) is 18.4 Å². The van der Waals surface area contributed by atoms with Crippen molar-refractivity contribution in [3.63, 3.8) is 0 Å². The summed E-state index contributed by atoms with van der Waals surface area (Å²) in [7, 11) is -0.570. The first-order valence-corrected chi connectivity index (χ1v) is 17.1. The zero-order valence-electron chi connectivity index (χ0n) is 28.5. The van der Waals surface area contributed by atoms with Gasteiger partial charge in [0.1, 0.15) is 6.04 Å². The molecule has 3 amide bonds. The van der Waals surface area contributed by atoms with Crippen LogP contribution in [0.25, 0.3) is 0 Å². The van der Waals surface area contributed by atoms with Gasteiger partial charge in [-0.05, 0) is 91.3 Å². The topological polar surface area (TPSA) is 132 Å². The number of para-hydroxylation sites is 2. The lowest BCUT2D eigenvalue weighted by Crippen LogP contribution is -2.63. The monoisotopic (exact) mass is 650 g/mol. The van der Waals surface area contributed by atoms with Gasteiger partial charge < -0.3 is 31.0 Å². The van der Waals surface area contributed by atoms with Gasteiger partial charge in [-0.15, -0.1) is 0 Å². The minimum atomic E-state index is -0.857. The molecule has 6 atom stereocenters. The number of carbonyl (C=O) groups is 3. The molecule has 9 nitrogen and oxygen atoms in total. The predicted octanol–water partition coefficient (Wildman–Crippen LogP) is 5.66. The van der Waals surface area contributed by atoms with Gasteiger partial charge in [-0.1, -0.05) is 70.2 Å². The first kappa shape index (κ1) is 33.7. The maximum absolute atomic E-state index is 14.1. The highest BCUT2D eigenvalue weighted by Crippen LogP contribution is 2.64. The van der Waals surface area contributed by atoms with Crippen molar-refractivity contribution < 1.29 is 23.7 Å². The van der Waals surface area contributed by atoms with E-state index in [1.165, 1.54) is 0 Å². The predicted molar refractivity (Wildman–Crippen MR) is 188 cm³/mol. The fourth-order valence-corrected chi connectivity index (χ4v) is 7.82. The number of amides is 3. The lowest BCUT2D eigenvalue weighted by molar-refractivity contribution is -0.185. The van der Waals surface area contributed by atoms with Gasteiger partial charge in [0.15, 0.2) is 0 Å². The van der Waals surface area contributed by atoms with Crippen LogP contribution >= 0.6 is 0 Å². The molecule has 4 aliphatic rings. The van der Waals surface area contributed by atoms with Crippen LogP contribution in [0.2, 0.25) is 0 Å². The highest BCUT2D eigenvalue weighted by Gasteiger charge is 2.67. The molecule has 0 radical (unpaired) electrons. The molecule has 3 aromatic rings. The molecule has 252 valence electrons. The van der Waals surface area contributed by atoms with Crippen LogP contribution < -0.4 is 21.7 Å². The highest BCUT2D eigenvalue weighted by atomic mass is 16.7. The van der Waals surface area contributed by atoms with Gasteiger partial charge in [-0.25, -0.2) is 0 Å². The fourth-order valence-electron chi connectivity index (χ4n) is 7.82. The molecule has 3 saturated carbocycles. The maximum Gasteiger partial charge on any atom is 0.481 e. The zero-order chi connectivity index (χ0) is 34.2. The highest BCUT2D eigenvalue weighted by molar-refractivity contribution is 6.48. The number of nitrogens with two attached hydrogens (primary N) is 1. The number of nitrogen functional groups attached to an aromatic ring is 1. The second-order valence-electron chi connectivity index (χ2n) is 15.0.